The highest BCUT2D eigenvalue weighted by atomic mass is 35.5. The van der Waals surface area contributed by atoms with Crippen LogP contribution in [0.4, 0.5) is 5.69 Å². The summed E-state index contributed by atoms with van der Waals surface area (Å²) in [6.45, 7) is 1.79. The van der Waals surface area contributed by atoms with Crippen molar-refractivity contribution in [2.45, 2.75) is 43.5 Å². The van der Waals surface area contributed by atoms with Crippen molar-refractivity contribution in [2.75, 3.05) is 4.72 Å². The molecule has 0 aliphatic heterocycles. The maximum Gasteiger partial charge on any atom is 0.261 e. The van der Waals surface area contributed by atoms with Gasteiger partial charge in [-0.25, -0.2) is 8.42 Å². The van der Waals surface area contributed by atoms with E-state index in [1.165, 1.54) is 24.3 Å². The molecule has 3 rings (SSSR count). The Hall–Kier alpha value is -2.05. The highest BCUT2D eigenvalue weighted by Crippen LogP contribution is 2.23. The van der Waals surface area contributed by atoms with Crippen LogP contribution in [0.1, 0.15) is 41.6 Å². The summed E-state index contributed by atoms with van der Waals surface area (Å²) < 4.78 is 27.7. The monoisotopic (exact) mass is 392 g/mol. The number of hydrogen-bond donors (Lipinski definition) is 2. The number of anilines is 1. The first kappa shape index (κ1) is 18.7. The van der Waals surface area contributed by atoms with Gasteiger partial charge in [0.05, 0.1) is 10.6 Å². The number of hydrogen-bond acceptors (Lipinski definition) is 3. The van der Waals surface area contributed by atoms with Gasteiger partial charge in [0.15, 0.2) is 0 Å². The molecule has 2 aromatic carbocycles. The van der Waals surface area contributed by atoms with E-state index in [2.05, 4.69) is 10.0 Å². The number of aryl methyl sites for hydroxylation is 1. The zero-order valence-electron chi connectivity index (χ0n) is 14.5. The minimum Gasteiger partial charge on any atom is -0.349 e. The van der Waals surface area contributed by atoms with Crippen molar-refractivity contribution in [2.24, 2.45) is 0 Å². The Balaban J connectivity index is 1.81. The lowest BCUT2D eigenvalue weighted by atomic mass is 10.1. The van der Waals surface area contributed by atoms with Crippen LogP contribution in [0.15, 0.2) is 47.4 Å². The first-order valence-electron chi connectivity index (χ1n) is 8.55. The summed E-state index contributed by atoms with van der Waals surface area (Å²) in [5.41, 5.74) is 1.57. The van der Waals surface area contributed by atoms with Crippen LogP contribution >= 0.6 is 11.6 Å². The van der Waals surface area contributed by atoms with Crippen molar-refractivity contribution in [3.8, 4) is 0 Å². The van der Waals surface area contributed by atoms with Gasteiger partial charge in [0, 0.05) is 16.6 Å². The minimum atomic E-state index is -3.76. The summed E-state index contributed by atoms with van der Waals surface area (Å²) in [6, 6.07) is 11.2. The Morgan fingerprint density at radius 1 is 1.08 bits per heavy atom. The van der Waals surface area contributed by atoms with Crippen LogP contribution in [-0.4, -0.2) is 20.4 Å². The molecule has 1 fully saturated rings. The van der Waals surface area contributed by atoms with Gasteiger partial charge in [0.2, 0.25) is 0 Å². The average molecular weight is 393 g/mol. The fourth-order valence-corrected chi connectivity index (χ4v) is 4.28. The molecule has 1 saturated carbocycles. The van der Waals surface area contributed by atoms with Crippen molar-refractivity contribution < 1.29 is 13.2 Å². The molecule has 7 heteroatoms. The van der Waals surface area contributed by atoms with E-state index in [9.17, 15) is 13.2 Å². The van der Waals surface area contributed by atoms with Crippen LogP contribution in [0.2, 0.25) is 5.02 Å². The van der Waals surface area contributed by atoms with E-state index in [-0.39, 0.29) is 16.8 Å². The molecular formula is C19H21ClN2O3S. The van der Waals surface area contributed by atoms with Gasteiger partial charge in [-0.05, 0) is 61.7 Å². The molecule has 2 N–H and O–H groups in total. The number of nitrogens with one attached hydrogen (secondary N) is 2. The molecule has 0 bridgehead atoms. The van der Waals surface area contributed by atoms with E-state index in [4.69, 9.17) is 11.6 Å². The summed E-state index contributed by atoms with van der Waals surface area (Å²) in [5, 5.41) is 3.48. The van der Waals surface area contributed by atoms with E-state index in [1.807, 2.05) is 0 Å². The molecule has 1 aliphatic rings. The highest BCUT2D eigenvalue weighted by molar-refractivity contribution is 7.92. The van der Waals surface area contributed by atoms with E-state index in [1.54, 1.807) is 25.1 Å². The van der Waals surface area contributed by atoms with Crippen LogP contribution < -0.4 is 10.0 Å². The maximum atomic E-state index is 12.6. The fraction of sp³-hybridized carbons (Fsp3) is 0.316. The van der Waals surface area contributed by atoms with Crippen LogP contribution in [0, 0.1) is 6.92 Å². The molecule has 0 atom stereocenters. The third-order valence-electron chi connectivity index (χ3n) is 4.56. The predicted octanol–water partition coefficient (Wildman–Crippen LogP) is 4.12. The second-order valence-corrected chi connectivity index (χ2v) is 8.66. The summed E-state index contributed by atoms with van der Waals surface area (Å²) in [6.07, 6.45) is 4.25. The van der Waals surface area contributed by atoms with Crippen molar-refractivity contribution in [1.82, 2.24) is 5.32 Å². The lowest BCUT2D eigenvalue weighted by Crippen LogP contribution is -2.32. The van der Waals surface area contributed by atoms with Gasteiger partial charge in [0.1, 0.15) is 0 Å². The second-order valence-electron chi connectivity index (χ2n) is 6.54. The fourth-order valence-electron chi connectivity index (χ4n) is 3.03. The number of benzene rings is 2. The first-order valence-corrected chi connectivity index (χ1v) is 10.4. The predicted molar refractivity (Wildman–Crippen MR) is 103 cm³/mol. The summed E-state index contributed by atoms with van der Waals surface area (Å²) in [5.74, 6) is -0.177. The van der Waals surface area contributed by atoms with E-state index >= 15 is 0 Å². The topological polar surface area (TPSA) is 75.3 Å². The SMILES string of the molecule is Cc1ccc(C(=O)NC2CCCC2)cc1NS(=O)(=O)c1ccc(Cl)cc1. The number of sulfonamides is 1. The molecule has 2 aromatic rings. The molecular weight excluding hydrogens is 372 g/mol. The minimum absolute atomic E-state index is 0.113. The molecule has 0 radical (unpaired) electrons. The molecule has 0 heterocycles. The smallest absolute Gasteiger partial charge is 0.261 e. The second kappa shape index (κ2) is 7.68. The summed E-state index contributed by atoms with van der Waals surface area (Å²) in [7, 11) is -3.76. The first-order chi connectivity index (χ1) is 12.3. The largest absolute Gasteiger partial charge is 0.349 e. The van der Waals surface area contributed by atoms with Crippen LogP contribution in [0.5, 0.6) is 0 Å². The van der Waals surface area contributed by atoms with Gasteiger partial charge in [-0.2, -0.15) is 0 Å². The maximum absolute atomic E-state index is 12.6. The van der Waals surface area contributed by atoms with Crippen molar-refractivity contribution in [3.63, 3.8) is 0 Å². The van der Waals surface area contributed by atoms with Crippen LogP contribution in [-0.2, 0) is 10.0 Å². The molecule has 0 aromatic heterocycles. The molecule has 26 heavy (non-hydrogen) atoms. The quantitative estimate of drug-likeness (QED) is 0.803. The average Bonchev–Trinajstić information content (AvgIpc) is 3.10. The lowest BCUT2D eigenvalue weighted by Gasteiger charge is -2.15. The van der Waals surface area contributed by atoms with Gasteiger partial charge in [-0.1, -0.05) is 30.5 Å². The Bertz CT molecular complexity index is 905. The zero-order valence-corrected chi connectivity index (χ0v) is 16.0. The van der Waals surface area contributed by atoms with Gasteiger partial charge in [0.25, 0.3) is 15.9 Å². The third kappa shape index (κ3) is 4.37. The number of amides is 1. The van der Waals surface area contributed by atoms with Crippen LogP contribution in [0.3, 0.4) is 0 Å². The molecule has 1 amide bonds. The number of rotatable bonds is 5. The highest BCUT2D eigenvalue weighted by Gasteiger charge is 2.20. The van der Waals surface area contributed by atoms with Gasteiger partial charge in [-0.15, -0.1) is 0 Å². The van der Waals surface area contributed by atoms with Gasteiger partial charge < -0.3 is 5.32 Å². The molecule has 0 saturated heterocycles. The Kier molecular flexibility index (Phi) is 5.53. The summed E-state index contributed by atoms with van der Waals surface area (Å²) in [4.78, 5) is 12.5. The zero-order chi connectivity index (χ0) is 18.7. The van der Waals surface area contributed by atoms with E-state index in [0.29, 0.717) is 16.3 Å². The van der Waals surface area contributed by atoms with Gasteiger partial charge in [-0.3, -0.25) is 9.52 Å². The molecule has 5 nitrogen and oxygen atoms in total. The van der Waals surface area contributed by atoms with Crippen LogP contribution in [0.25, 0.3) is 0 Å². The summed E-state index contributed by atoms with van der Waals surface area (Å²) >= 11 is 5.81. The lowest BCUT2D eigenvalue weighted by molar-refractivity contribution is 0.0938. The normalized spacial score (nSPS) is 15.0. The van der Waals surface area contributed by atoms with Crippen molar-refractivity contribution in [3.05, 3.63) is 58.6 Å². The molecule has 0 spiro atoms. The number of halogens is 1. The molecule has 1 aliphatic carbocycles. The Morgan fingerprint density at radius 2 is 1.73 bits per heavy atom. The van der Waals surface area contributed by atoms with Gasteiger partial charge >= 0.3 is 0 Å². The van der Waals surface area contributed by atoms with E-state index < -0.39 is 10.0 Å². The standard InChI is InChI=1S/C19H21ClN2O3S/c1-13-6-7-14(19(23)21-16-4-2-3-5-16)12-18(13)22-26(24,25)17-10-8-15(20)9-11-17/h6-12,16,22H,2-5H2,1H3,(H,21,23). The van der Waals surface area contributed by atoms with Crippen molar-refractivity contribution >= 4 is 33.2 Å². The third-order valence-corrected chi connectivity index (χ3v) is 6.19. The number of carbonyl (C=O) groups is 1. The van der Waals surface area contributed by atoms with Crippen molar-refractivity contribution in [1.29, 1.82) is 0 Å². The molecule has 138 valence electrons. The number of carbonyl (C=O) groups excluding carboxylic acids is 1. The van der Waals surface area contributed by atoms with E-state index in [0.717, 1.165) is 31.2 Å². The Labute approximate surface area is 158 Å². The Morgan fingerprint density at radius 3 is 2.38 bits per heavy atom. The molecule has 0 unspecified atom stereocenters.